The van der Waals surface area contributed by atoms with Gasteiger partial charge in [-0.1, -0.05) is 36.6 Å². The lowest BCUT2D eigenvalue weighted by Gasteiger charge is -2.44. The molecule has 2 unspecified atom stereocenters. The second kappa shape index (κ2) is 6.66. The lowest BCUT2D eigenvalue weighted by atomic mass is 9.78. The average molecular weight is 337 g/mol. The molecule has 4 nitrogen and oxygen atoms in total. The van der Waals surface area contributed by atoms with Crippen LogP contribution in [0.3, 0.4) is 0 Å². The maximum Gasteiger partial charge on any atom is 0.257 e. The van der Waals surface area contributed by atoms with E-state index in [1.807, 2.05) is 17.8 Å². The van der Waals surface area contributed by atoms with Gasteiger partial charge in [0.1, 0.15) is 0 Å². The molecule has 1 aromatic carbocycles. The Kier molecular flexibility index (Phi) is 4.36. The third-order valence-corrected chi connectivity index (χ3v) is 5.96. The van der Waals surface area contributed by atoms with Crippen molar-refractivity contribution >= 4 is 5.91 Å². The molecule has 2 aliphatic rings. The Balaban J connectivity index is 1.69. The van der Waals surface area contributed by atoms with Crippen LogP contribution in [0, 0.1) is 12.8 Å². The summed E-state index contributed by atoms with van der Waals surface area (Å²) in [5.74, 6) is 0.867. The van der Waals surface area contributed by atoms with E-state index >= 15 is 0 Å². The minimum atomic E-state index is 0.168. The molecule has 1 aliphatic carbocycles. The Bertz CT molecular complexity index is 777. The van der Waals surface area contributed by atoms with E-state index in [1.165, 1.54) is 31.2 Å². The molecule has 1 saturated carbocycles. The van der Waals surface area contributed by atoms with Gasteiger partial charge in [0, 0.05) is 25.2 Å². The van der Waals surface area contributed by atoms with E-state index in [1.54, 1.807) is 6.20 Å². The summed E-state index contributed by atoms with van der Waals surface area (Å²) in [5.41, 5.74) is 3.95. The number of carbonyl (C=O) groups excluding carboxylic acids is 1. The van der Waals surface area contributed by atoms with Crippen molar-refractivity contribution in [2.75, 3.05) is 6.54 Å². The molecular formula is C21H27N3O. The maximum atomic E-state index is 13.4. The number of fused-ring (bicyclic) bond motifs is 1. The van der Waals surface area contributed by atoms with Gasteiger partial charge in [-0.25, -0.2) is 0 Å². The van der Waals surface area contributed by atoms with Crippen molar-refractivity contribution in [1.82, 2.24) is 14.7 Å². The van der Waals surface area contributed by atoms with Crippen molar-refractivity contribution in [2.45, 2.75) is 51.5 Å². The number of hydrogen-bond donors (Lipinski definition) is 0. The van der Waals surface area contributed by atoms with Crippen molar-refractivity contribution in [2.24, 2.45) is 13.0 Å². The SMILES string of the molecule is Cc1cccc(-c2c(C(=O)N3CCCC4CCCCC43)cnn2C)c1. The van der Waals surface area contributed by atoms with E-state index in [0.29, 0.717) is 12.0 Å². The number of hydrogen-bond acceptors (Lipinski definition) is 2. The fourth-order valence-corrected chi connectivity index (χ4v) is 4.76. The number of aryl methyl sites for hydroxylation is 2. The van der Waals surface area contributed by atoms with Crippen LogP contribution in [0.4, 0.5) is 0 Å². The number of likely N-dealkylation sites (tertiary alicyclic amines) is 1. The summed E-state index contributed by atoms with van der Waals surface area (Å²) in [6.45, 7) is 2.97. The molecule has 2 aromatic rings. The number of piperidine rings is 1. The smallest absolute Gasteiger partial charge is 0.257 e. The number of rotatable bonds is 2. The van der Waals surface area contributed by atoms with Gasteiger partial charge in [-0.15, -0.1) is 0 Å². The van der Waals surface area contributed by atoms with E-state index in [0.717, 1.165) is 36.2 Å². The summed E-state index contributed by atoms with van der Waals surface area (Å²) in [5, 5.41) is 4.41. The van der Waals surface area contributed by atoms with Gasteiger partial charge in [0.2, 0.25) is 0 Å². The molecule has 4 heteroatoms. The Morgan fingerprint density at radius 2 is 1.96 bits per heavy atom. The first kappa shape index (κ1) is 16.4. The maximum absolute atomic E-state index is 13.4. The Hall–Kier alpha value is -2.10. The Labute approximate surface area is 149 Å². The van der Waals surface area contributed by atoms with Crippen molar-refractivity contribution in [3.63, 3.8) is 0 Å². The van der Waals surface area contributed by atoms with Crippen LogP contribution in [0.25, 0.3) is 11.3 Å². The van der Waals surface area contributed by atoms with E-state index in [9.17, 15) is 4.79 Å². The third-order valence-electron chi connectivity index (χ3n) is 5.96. The normalized spacial score (nSPS) is 23.4. The fourth-order valence-electron chi connectivity index (χ4n) is 4.76. The standard InChI is InChI=1S/C21H27N3O/c1-15-7-5-9-17(13-15)20-18(14-22-23(20)2)21(25)24-12-6-10-16-8-3-4-11-19(16)24/h5,7,9,13-14,16,19H,3-4,6,8,10-12H2,1-2H3. The molecule has 2 fully saturated rings. The van der Waals surface area contributed by atoms with Gasteiger partial charge >= 0.3 is 0 Å². The molecule has 2 heterocycles. The molecule has 0 spiro atoms. The first-order valence-electron chi connectivity index (χ1n) is 9.55. The molecule has 1 aromatic heterocycles. The molecule has 4 rings (SSSR count). The molecule has 0 radical (unpaired) electrons. The second-order valence-electron chi connectivity index (χ2n) is 7.65. The van der Waals surface area contributed by atoms with Gasteiger partial charge in [0.15, 0.2) is 0 Å². The molecule has 1 aliphatic heterocycles. The van der Waals surface area contributed by atoms with Crippen LogP contribution in [0.2, 0.25) is 0 Å². The zero-order valence-corrected chi connectivity index (χ0v) is 15.2. The van der Waals surface area contributed by atoms with Crippen LogP contribution < -0.4 is 0 Å². The van der Waals surface area contributed by atoms with Crippen LogP contribution in [-0.4, -0.2) is 33.2 Å². The van der Waals surface area contributed by atoms with Crippen molar-refractivity contribution < 1.29 is 4.79 Å². The van der Waals surface area contributed by atoms with Crippen LogP contribution in [0.5, 0.6) is 0 Å². The number of carbonyl (C=O) groups is 1. The molecular weight excluding hydrogens is 310 g/mol. The van der Waals surface area contributed by atoms with Crippen LogP contribution in [-0.2, 0) is 7.05 Å². The summed E-state index contributed by atoms with van der Waals surface area (Å²) in [6, 6.07) is 8.76. The van der Waals surface area contributed by atoms with Crippen molar-refractivity contribution in [3.05, 3.63) is 41.6 Å². The van der Waals surface area contributed by atoms with Crippen molar-refractivity contribution in [1.29, 1.82) is 0 Å². The minimum Gasteiger partial charge on any atom is -0.335 e. The highest BCUT2D eigenvalue weighted by Gasteiger charge is 2.37. The summed E-state index contributed by atoms with van der Waals surface area (Å²) in [4.78, 5) is 15.6. The van der Waals surface area contributed by atoms with Gasteiger partial charge in [-0.3, -0.25) is 9.48 Å². The first-order chi connectivity index (χ1) is 12.1. The largest absolute Gasteiger partial charge is 0.335 e. The third kappa shape index (κ3) is 2.99. The molecule has 1 saturated heterocycles. The zero-order valence-electron chi connectivity index (χ0n) is 15.2. The summed E-state index contributed by atoms with van der Waals surface area (Å²) in [7, 11) is 1.92. The quantitative estimate of drug-likeness (QED) is 0.824. The molecule has 1 amide bonds. The van der Waals surface area contributed by atoms with E-state index < -0.39 is 0 Å². The lowest BCUT2D eigenvalue weighted by Crippen LogP contribution is -2.49. The first-order valence-corrected chi connectivity index (χ1v) is 9.55. The number of amides is 1. The van der Waals surface area contributed by atoms with Crippen LogP contribution in [0.15, 0.2) is 30.5 Å². The molecule has 25 heavy (non-hydrogen) atoms. The molecule has 2 atom stereocenters. The predicted octanol–water partition coefficient (Wildman–Crippen LogP) is 4.19. The highest BCUT2D eigenvalue weighted by Crippen LogP contribution is 2.37. The zero-order chi connectivity index (χ0) is 17.4. The van der Waals surface area contributed by atoms with Crippen molar-refractivity contribution in [3.8, 4) is 11.3 Å². The van der Waals surface area contributed by atoms with Gasteiger partial charge in [-0.05, 0) is 44.6 Å². The highest BCUT2D eigenvalue weighted by molar-refractivity contribution is 6.00. The van der Waals surface area contributed by atoms with Gasteiger partial charge < -0.3 is 4.90 Å². The number of benzene rings is 1. The average Bonchev–Trinajstić information content (AvgIpc) is 3.02. The van der Waals surface area contributed by atoms with E-state index in [4.69, 9.17) is 0 Å². The van der Waals surface area contributed by atoms with Gasteiger partial charge in [0.05, 0.1) is 17.5 Å². The second-order valence-corrected chi connectivity index (χ2v) is 7.65. The fraction of sp³-hybridized carbons (Fsp3) is 0.524. The van der Waals surface area contributed by atoms with Gasteiger partial charge in [0.25, 0.3) is 5.91 Å². The van der Waals surface area contributed by atoms with E-state index in [2.05, 4.69) is 35.1 Å². The van der Waals surface area contributed by atoms with Crippen LogP contribution in [0.1, 0.15) is 54.4 Å². The lowest BCUT2D eigenvalue weighted by molar-refractivity contribution is 0.0391. The summed E-state index contributed by atoms with van der Waals surface area (Å²) in [6.07, 6.45) is 9.20. The Morgan fingerprint density at radius 1 is 1.16 bits per heavy atom. The molecule has 0 N–H and O–H groups in total. The van der Waals surface area contributed by atoms with Crippen LogP contribution >= 0.6 is 0 Å². The monoisotopic (exact) mass is 337 g/mol. The summed E-state index contributed by atoms with van der Waals surface area (Å²) < 4.78 is 1.84. The summed E-state index contributed by atoms with van der Waals surface area (Å²) >= 11 is 0. The molecule has 132 valence electrons. The molecule has 0 bridgehead atoms. The van der Waals surface area contributed by atoms with Gasteiger partial charge in [-0.2, -0.15) is 5.10 Å². The topological polar surface area (TPSA) is 38.1 Å². The number of nitrogens with zero attached hydrogens (tertiary/aromatic N) is 3. The minimum absolute atomic E-state index is 0.168. The number of aromatic nitrogens is 2. The van der Waals surface area contributed by atoms with E-state index in [-0.39, 0.29) is 5.91 Å². The predicted molar refractivity (Wildman–Crippen MR) is 99.4 cm³/mol. The highest BCUT2D eigenvalue weighted by atomic mass is 16.2. The Morgan fingerprint density at radius 3 is 2.80 bits per heavy atom.